The van der Waals surface area contributed by atoms with Crippen LogP contribution in [0.5, 0.6) is 0 Å². The Hall–Kier alpha value is -0.830. The van der Waals surface area contributed by atoms with Gasteiger partial charge >= 0.3 is 0 Å². The summed E-state index contributed by atoms with van der Waals surface area (Å²) >= 11 is 0. The van der Waals surface area contributed by atoms with Crippen molar-refractivity contribution in [1.29, 1.82) is 0 Å². The minimum Gasteiger partial charge on any atom is -0.515 e. The summed E-state index contributed by atoms with van der Waals surface area (Å²) in [6.07, 6.45) is 9.11. The van der Waals surface area contributed by atoms with Crippen LogP contribution in [0.3, 0.4) is 0 Å². The van der Waals surface area contributed by atoms with E-state index >= 15 is 0 Å². The summed E-state index contributed by atoms with van der Waals surface area (Å²) in [7, 11) is 0. The van der Waals surface area contributed by atoms with Crippen LogP contribution in [-0.4, -0.2) is 22.1 Å². The molecule has 4 aliphatic carbocycles. The largest absolute Gasteiger partial charge is 0.515 e. The van der Waals surface area contributed by atoms with Gasteiger partial charge in [0.2, 0.25) is 0 Å². The highest BCUT2D eigenvalue weighted by Gasteiger charge is 2.60. The lowest BCUT2D eigenvalue weighted by Crippen LogP contribution is -2.54. The minimum absolute atomic E-state index is 0.116. The molecule has 0 heterocycles. The summed E-state index contributed by atoms with van der Waals surface area (Å²) in [6.45, 7) is 4.68. The van der Waals surface area contributed by atoms with Crippen molar-refractivity contribution in [2.45, 2.75) is 71.3 Å². The molecule has 0 bridgehead atoms. The lowest BCUT2D eigenvalue weighted by atomic mass is 9.45. The van der Waals surface area contributed by atoms with E-state index in [0.717, 1.165) is 31.9 Å². The van der Waals surface area contributed by atoms with Gasteiger partial charge in [-0.25, -0.2) is 0 Å². The van der Waals surface area contributed by atoms with E-state index < -0.39 is 0 Å². The number of rotatable bonds is 0. The van der Waals surface area contributed by atoms with E-state index in [0.29, 0.717) is 35.7 Å². The summed E-state index contributed by atoms with van der Waals surface area (Å²) in [6, 6.07) is 0. The van der Waals surface area contributed by atoms with Crippen LogP contribution in [0.25, 0.3) is 0 Å². The van der Waals surface area contributed by atoms with E-state index in [-0.39, 0.29) is 22.7 Å². The Kier molecular flexibility index (Phi) is 3.46. The van der Waals surface area contributed by atoms with Gasteiger partial charge in [-0.2, -0.15) is 0 Å². The Balaban J connectivity index is 1.66. The fraction of sp³-hybridized carbons (Fsp3) is 0.850. The number of hydrogen-bond acceptors (Lipinski definition) is 3. The van der Waals surface area contributed by atoms with E-state index in [1.54, 1.807) is 0 Å². The zero-order chi connectivity index (χ0) is 16.4. The third-order valence-electron chi connectivity index (χ3n) is 8.53. The smallest absolute Gasteiger partial charge is 0.162 e. The molecule has 0 unspecified atom stereocenters. The van der Waals surface area contributed by atoms with Crippen molar-refractivity contribution < 1.29 is 15.0 Å². The molecular formula is C20H30O3. The maximum Gasteiger partial charge on any atom is 0.162 e. The second kappa shape index (κ2) is 5.08. The van der Waals surface area contributed by atoms with Crippen molar-refractivity contribution in [2.24, 2.45) is 34.5 Å². The van der Waals surface area contributed by atoms with Crippen molar-refractivity contribution in [1.82, 2.24) is 0 Å². The van der Waals surface area contributed by atoms with Crippen molar-refractivity contribution >= 4 is 5.78 Å². The van der Waals surface area contributed by atoms with Gasteiger partial charge in [-0.15, -0.1) is 0 Å². The first-order valence-corrected chi connectivity index (χ1v) is 9.44. The van der Waals surface area contributed by atoms with Gasteiger partial charge in [0.25, 0.3) is 0 Å². The van der Waals surface area contributed by atoms with E-state index in [1.807, 2.05) is 0 Å². The molecule has 4 saturated carbocycles. The zero-order valence-electron chi connectivity index (χ0n) is 14.4. The number of fused-ring (bicyclic) bond motifs is 5. The quantitative estimate of drug-likeness (QED) is 0.524. The topological polar surface area (TPSA) is 57.5 Å². The molecule has 0 aromatic rings. The molecule has 128 valence electrons. The molecular weight excluding hydrogens is 288 g/mol. The molecule has 0 aromatic heterocycles. The van der Waals surface area contributed by atoms with Gasteiger partial charge in [-0.05, 0) is 79.4 Å². The fourth-order valence-electron chi connectivity index (χ4n) is 7.10. The molecule has 7 atom stereocenters. The number of aliphatic hydroxyl groups excluding tert-OH is 2. The number of carbonyl (C=O) groups is 1. The SMILES string of the molecule is C[C@]12C/C(=C\O)C(=O)C[C@@H]1CC[C@@H]1[C@@H]2CC[C@]2(C)[C@@H](O)CC[C@@H]12. The number of aliphatic hydroxyl groups is 2. The van der Waals surface area contributed by atoms with Crippen LogP contribution < -0.4 is 0 Å². The zero-order valence-corrected chi connectivity index (χ0v) is 14.4. The maximum atomic E-state index is 12.2. The third kappa shape index (κ3) is 2.01. The van der Waals surface area contributed by atoms with Crippen LogP contribution in [-0.2, 0) is 4.79 Å². The molecule has 0 aliphatic heterocycles. The lowest BCUT2D eigenvalue weighted by molar-refractivity contribution is -0.135. The highest BCUT2D eigenvalue weighted by atomic mass is 16.3. The van der Waals surface area contributed by atoms with E-state index in [4.69, 9.17) is 0 Å². The predicted molar refractivity (Wildman–Crippen MR) is 88.8 cm³/mol. The van der Waals surface area contributed by atoms with Gasteiger partial charge in [0.1, 0.15) is 0 Å². The molecule has 4 fully saturated rings. The van der Waals surface area contributed by atoms with Crippen molar-refractivity contribution in [3.05, 3.63) is 11.8 Å². The summed E-state index contributed by atoms with van der Waals surface area (Å²) < 4.78 is 0. The van der Waals surface area contributed by atoms with Crippen LogP contribution in [0.15, 0.2) is 11.8 Å². The second-order valence-corrected chi connectivity index (χ2v) is 9.25. The number of carbonyl (C=O) groups excluding carboxylic acids is 1. The molecule has 23 heavy (non-hydrogen) atoms. The van der Waals surface area contributed by atoms with Crippen LogP contribution in [0.4, 0.5) is 0 Å². The molecule has 0 saturated heterocycles. The number of Topliss-reactive ketones (excluding diaryl/α,β-unsaturated/α-hetero) is 1. The van der Waals surface area contributed by atoms with E-state index in [1.165, 1.54) is 19.3 Å². The highest BCUT2D eigenvalue weighted by Crippen LogP contribution is 2.66. The number of allylic oxidation sites excluding steroid dienone is 1. The Morgan fingerprint density at radius 3 is 2.52 bits per heavy atom. The molecule has 4 aliphatic rings. The Morgan fingerprint density at radius 2 is 1.78 bits per heavy atom. The van der Waals surface area contributed by atoms with Crippen LogP contribution in [0.2, 0.25) is 0 Å². The fourth-order valence-corrected chi connectivity index (χ4v) is 7.10. The van der Waals surface area contributed by atoms with Crippen LogP contribution in [0.1, 0.15) is 65.2 Å². The summed E-state index contributed by atoms with van der Waals surface area (Å²) in [4.78, 5) is 12.2. The molecule has 0 amide bonds. The molecule has 0 spiro atoms. The van der Waals surface area contributed by atoms with Crippen LogP contribution in [0, 0.1) is 34.5 Å². The third-order valence-corrected chi connectivity index (χ3v) is 8.53. The summed E-state index contributed by atoms with van der Waals surface area (Å²) in [5.74, 6) is 2.63. The predicted octanol–water partition coefficient (Wildman–Crippen LogP) is 4.01. The first-order valence-electron chi connectivity index (χ1n) is 9.44. The average molecular weight is 318 g/mol. The standard InChI is InChI=1S/C20H30O3/c1-19-8-7-16-14(15(19)5-6-18(19)23)4-3-13-9-17(22)12(11-21)10-20(13,16)2/h11,13-16,18,21,23H,3-10H2,1-2H3/b12-11+/t13-,14-,15-,16-,18-,19-,20-/m0/s1. The average Bonchev–Trinajstić information content (AvgIpc) is 2.83. The number of hydrogen-bond donors (Lipinski definition) is 2. The van der Waals surface area contributed by atoms with Gasteiger partial charge in [-0.1, -0.05) is 13.8 Å². The van der Waals surface area contributed by atoms with Crippen molar-refractivity contribution in [3.8, 4) is 0 Å². The van der Waals surface area contributed by atoms with Gasteiger partial charge in [0.05, 0.1) is 12.4 Å². The minimum atomic E-state index is -0.125. The second-order valence-electron chi connectivity index (χ2n) is 9.25. The highest BCUT2D eigenvalue weighted by molar-refractivity contribution is 5.96. The monoisotopic (exact) mass is 318 g/mol. The Labute approximate surface area is 139 Å². The molecule has 2 N–H and O–H groups in total. The van der Waals surface area contributed by atoms with Gasteiger partial charge in [-0.3, -0.25) is 4.79 Å². The van der Waals surface area contributed by atoms with Crippen molar-refractivity contribution in [3.63, 3.8) is 0 Å². The number of ketones is 1. The normalized spacial score (nSPS) is 54.5. The van der Waals surface area contributed by atoms with E-state index in [2.05, 4.69) is 13.8 Å². The van der Waals surface area contributed by atoms with Crippen molar-refractivity contribution in [2.75, 3.05) is 0 Å². The first-order chi connectivity index (χ1) is 10.9. The molecule has 3 nitrogen and oxygen atoms in total. The molecule has 4 rings (SSSR count). The Bertz CT molecular complexity index is 553. The van der Waals surface area contributed by atoms with Gasteiger partial charge in [0, 0.05) is 12.0 Å². The maximum absolute atomic E-state index is 12.2. The molecule has 0 aromatic carbocycles. The first kappa shape index (κ1) is 15.7. The van der Waals surface area contributed by atoms with Gasteiger partial charge < -0.3 is 10.2 Å². The van der Waals surface area contributed by atoms with Crippen LogP contribution >= 0.6 is 0 Å². The summed E-state index contributed by atoms with van der Waals surface area (Å²) in [5, 5.41) is 20.0. The molecule has 3 heteroatoms. The summed E-state index contributed by atoms with van der Waals surface area (Å²) in [5.41, 5.74) is 0.911. The van der Waals surface area contributed by atoms with E-state index in [9.17, 15) is 15.0 Å². The molecule has 0 radical (unpaired) electrons. The van der Waals surface area contributed by atoms with Gasteiger partial charge in [0.15, 0.2) is 5.78 Å². The Morgan fingerprint density at radius 1 is 1.04 bits per heavy atom. The lowest BCUT2D eigenvalue weighted by Gasteiger charge is -2.60.